The minimum Gasteiger partial charge on any atom is -0.495 e. The van der Waals surface area contributed by atoms with Crippen LogP contribution < -0.4 is 25.6 Å². The van der Waals surface area contributed by atoms with Crippen LogP contribution in [0.25, 0.3) is 0 Å². The molecule has 28 heavy (non-hydrogen) atoms. The van der Waals surface area contributed by atoms with Crippen LogP contribution in [0.15, 0.2) is 30.3 Å². The summed E-state index contributed by atoms with van der Waals surface area (Å²) in [4.78, 5) is 23.4. The number of hydrogen-bond donors (Lipinski definition) is 3. The summed E-state index contributed by atoms with van der Waals surface area (Å²) in [5, 5.41) is 8.87. The van der Waals surface area contributed by atoms with E-state index in [0.717, 1.165) is 30.5 Å². The zero-order valence-electron chi connectivity index (χ0n) is 16.5. The van der Waals surface area contributed by atoms with Crippen molar-refractivity contribution in [2.24, 2.45) is 0 Å². The molecular weight excluding hydrogens is 356 g/mol. The van der Waals surface area contributed by atoms with E-state index in [1.54, 1.807) is 19.2 Å². The van der Waals surface area contributed by atoms with Crippen molar-refractivity contribution in [3.8, 4) is 5.75 Å². The third kappa shape index (κ3) is 5.48. The molecule has 0 aliphatic carbocycles. The smallest absolute Gasteiger partial charge is 0.319 e. The topological polar surface area (TPSA) is 91.4 Å². The van der Waals surface area contributed by atoms with E-state index in [4.69, 9.17) is 4.74 Å². The number of para-hydroxylation sites is 2. The third-order valence-corrected chi connectivity index (χ3v) is 4.58. The number of hydrogen-bond acceptors (Lipinski definition) is 6. The number of nitrogens with zero attached hydrogens (tertiary/aromatic N) is 3. The molecule has 0 spiro atoms. The molecule has 150 valence electrons. The fourth-order valence-corrected chi connectivity index (χ4v) is 3.21. The summed E-state index contributed by atoms with van der Waals surface area (Å²) < 4.78 is 5.23. The standard InChI is InChI=1S/C20H28N6O2/c1-15-23-18(14-19(24-15)26-12-6-3-7-13-26)21-10-11-22-20(27)25-16-8-4-5-9-17(16)28-2/h4-5,8-9,14H,3,6-7,10-13H2,1-2H3,(H,21,23,24)(H2,22,25,27). The Morgan fingerprint density at radius 2 is 1.93 bits per heavy atom. The maximum atomic E-state index is 12.1. The number of carbonyl (C=O) groups is 1. The molecule has 2 aromatic rings. The van der Waals surface area contributed by atoms with Crippen LogP contribution >= 0.6 is 0 Å². The number of aromatic nitrogens is 2. The largest absolute Gasteiger partial charge is 0.495 e. The first-order valence-corrected chi connectivity index (χ1v) is 9.68. The number of amides is 2. The number of aryl methyl sites for hydroxylation is 1. The van der Waals surface area contributed by atoms with Crippen molar-refractivity contribution in [2.45, 2.75) is 26.2 Å². The number of urea groups is 1. The highest BCUT2D eigenvalue weighted by molar-refractivity contribution is 5.90. The van der Waals surface area contributed by atoms with E-state index in [1.165, 1.54) is 19.3 Å². The number of carbonyl (C=O) groups excluding carboxylic acids is 1. The second kappa shape index (κ2) is 9.77. The summed E-state index contributed by atoms with van der Waals surface area (Å²) in [5.41, 5.74) is 0.632. The minimum absolute atomic E-state index is 0.279. The maximum absolute atomic E-state index is 12.1. The number of nitrogens with one attached hydrogen (secondary N) is 3. The van der Waals surface area contributed by atoms with Gasteiger partial charge in [-0.2, -0.15) is 0 Å². The molecule has 1 aliphatic rings. The Morgan fingerprint density at radius 1 is 1.14 bits per heavy atom. The van der Waals surface area contributed by atoms with Crippen molar-refractivity contribution in [1.29, 1.82) is 0 Å². The van der Waals surface area contributed by atoms with E-state index < -0.39 is 0 Å². The van der Waals surface area contributed by atoms with Crippen LogP contribution in [-0.2, 0) is 0 Å². The number of piperidine rings is 1. The Kier molecular flexibility index (Phi) is 6.89. The van der Waals surface area contributed by atoms with Gasteiger partial charge in [0.25, 0.3) is 0 Å². The highest BCUT2D eigenvalue weighted by atomic mass is 16.5. The highest BCUT2D eigenvalue weighted by Gasteiger charge is 2.13. The van der Waals surface area contributed by atoms with Gasteiger partial charge in [0.2, 0.25) is 0 Å². The molecule has 0 bridgehead atoms. The minimum atomic E-state index is -0.279. The lowest BCUT2D eigenvalue weighted by atomic mass is 10.1. The fraction of sp³-hybridized carbons (Fsp3) is 0.450. The first kappa shape index (κ1) is 19.7. The van der Waals surface area contributed by atoms with E-state index in [1.807, 2.05) is 25.1 Å². The second-order valence-corrected chi connectivity index (χ2v) is 6.71. The Hall–Kier alpha value is -3.03. The van der Waals surface area contributed by atoms with Crippen molar-refractivity contribution < 1.29 is 9.53 Å². The lowest BCUT2D eigenvalue weighted by molar-refractivity contribution is 0.252. The van der Waals surface area contributed by atoms with Gasteiger partial charge < -0.3 is 25.6 Å². The number of benzene rings is 1. The Balaban J connectivity index is 1.47. The van der Waals surface area contributed by atoms with E-state index in [-0.39, 0.29) is 6.03 Å². The van der Waals surface area contributed by atoms with Crippen molar-refractivity contribution in [2.75, 3.05) is 48.8 Å². The molecule has 1 aliphatic heterocycles. The van der Waals surface area contributed by atoms with Gasteiger partial charge in [-0.25, -0.2) is 14.8 Å². The monoisotopic (exact) mass is 384 g/mol. The van der Waals surface area contributed by atoms with Crippen LogP contribution in [0.3, 0.4) is 0 Å². The predicted molar refractivity (Wildman–Crippen MR) is 111 cm³/mol. The van der Waals surface area contributed by atoms with E-state index in [2.05, 4.69) is 30.8 Å². The van der Waals surface area contributed by atoms with Crippen LogP contribution in [0.5, 0.6) is 5.75 Å². The highest BCUT2D eigenvalue weighted by Crippen LogP contribution is 2.23. The molecular formula is C20H28N6O2. The molecule has 0 atom stereocenters. The maximum Gasteiger partial charge on any atom is 0.319 e. The SMILES string of the molecule is COc1ccccc1NC(=O)NCCNc1cc(N2CCCCC2)nc(C)n1. The van der Waals surface area contributed by atoms with Gasteiger partial charge in [0.15, 0.2) is 0 Å². The van der Waals surface area contributed by atoms with Crippen molar-refractivity contribution in [3.63, 3.8) is 0 Å². The van der Waals surface area contributed by atoms with Gasteiger partial charge >= 0.3 is 6.03 Å². The van der Waals surface area contributed by atoms with Gasteiger partial charge in [0, 0.05) is 32.2 Å². The quantitative estimate of drug-likeness (QED) is 0.636. The summed E-state index contributed by atoms with van der Waals surface area (Å²) >= 11 is 0. The summed E-state index contributed by atoms with van der Waals surface area (Å²) in [7, 11) is 1.57. The summed E-state index contributed by atoms with van der Waals surface area (Å²) in [6, 6.07) is 8.99. The number of rotatable bonds is 7. The van der Waals surface area contributed by atoms with Crippen LogP contribution in [-0.4, -0.2) is 49.3 Å². The number of anilines is 3. The van der Waals surface area contributed by atoms with Crippen LogP contribution in [0.2, 0.25) is 0 Å². The summed E-state index contributed by atoms with van der Waals surface area (Å²) in [6.45, 7) is 5.01. The molecule has 0 saturated carbocycles. The molecule has 3 N–H and O–H groups in total. The Bertz CT molecular complexity index is 792. The van der Waals surface area contributed by atoms with Crippen LogP contribution in [0.1, 0.15) is 25.1 Å². The second-order valence-electron chi connectivity index (χ2n) is 6.71. The molecule has 1 saturated heterocycles. The van der Waals surface area contributed by atoms with Gasteiger partial charge in [-0.3, -0.25) is 0 Å². The lowest BCUT2D eigenvalue weighted by Gasteiger charge is -2.28. The van der Waals surface area contributed by atoms with E-state index in [0.29, 0.717) is 24.5 Å². The summed E-state index contributed by atoms with van der Waals surface area (Å²) in [6.07, 6.45) is 3.70. The first-order valence-electron chi connectivity index (χ1n) is 9.68. The molecule has 0 unspecified atom stereocenters. The van der Waals surface area contributed by atoms with Crippen molar-refractivity contribution >= 4 is 23.4 Å². The Labute approximate surface area is 165 Å². The third-order valence-electron chi connectivity index (χ3n) is 4.58. The predicted octanol–water partition coefficient (Wildman–Crippen LogP) is 3.02. The lowest BCUT2D eigenvalue weighted by Crippen LogP contribution is -2.33. The van der Waals surface area contributed by atoms with Gasteiger partial charge in [0.05, 0.1) is 12.8 Å². The van der Waals surface area contributed by atoms with Crippen molar-refractivity contribution in [3.05, 3.63) is 36.2 Å². The zero-order chi connectivity index (χ0) is 19.8. The molecule has 8 heteroatoms. The van der Waals surface area contributed by atoms with Gasteiger partial charge in [0.1, 0.15) is 23.2 Å². The van der Waals surface area contributed by atoms with Crippen LogP contribution in [0.4, 0.5) is 22.1 Å². The van der Waals surface area contributed by atoms with Gasteiger partial charge in [-0.05, 0) is 38.3 Å². The average Bonchev–Trinajstić information content (AvgIpc) is 2.72. The first-order chi connectivity index (χ1) is 13.7. The van der Waals surface area contributed by atoms with Crippen LogP contribution in [0, 0.1) is 6.92 Å². The van der Waals surface area contributed by atoms with Gasteiger partial charge in [-0.15, -0.1) is 0 Å². The normalized spacial score (nSPS) is 13.7. The van der Waals surface area contributed by atoms with Crippen molar-refractivity contribution in [1.82, 2.24) is 15.3 Å². The summed E-state index contributed by atoms with van der Waals surface area (Å²) in [5.74, 6) is 3.11. The number of ether oxygens (including phenoxy) is 1. The average molecular weight is 384 g/mol. The zero-order valence-corrected chi connectivity index (χ0v) is 16.5. The molecule has 1 fully saturated rings. The van der Waals surface area contributed by atoms with E-state index in [9.17, 15) is 4.79 Å². The molecule has 2 heterocycles. The molecule has 1 aromatic carbocycles. The van der Waals surface area contributed by atoms with E-state index >= 15 is 0 Å². The molecule has 8 nitrogen and oxygen atoms in total. The molecule has 2 amide bonds. The van der Waals surface area contributed by atoms with Gasteiger partial charge in [-0.1, -0.05) is 12.1 Å². The molecule has 3 rings (SSSR count). The molecule has 0 radical (unpaired) electrons. The number of methoxy groups -OCH3 is 1. The fourth-order valence-electron chi connectivity index (χ4n) is 3.21. The Morgan fingerprint density at radius 3 is 2.71 bits per heavy atom. The molecule has 1 aromatic heterocycles.